The molecule has 3 rings (SSSR count). The lowest BCUT2D eigenvalue weighted by atomic mass is 10.1. The lowest BCUT2D eigenvalue weighted by Crippen LogP contribution is -2.34. The first-order chi connectivity index (χ1) is 10.5. The van der Waals surface area contributed by atoms with E-state index in [1.807, 2.05) is 0 Å². The summed E-state index contributed by atoms with van der Waals surface area (Å²) in [4.78, 5) is 23.1. The number of halogens is 1. The average Bonchev–Trinajstić information content (AvgIpc) is 3.15. The summed E-state index contributed by atoms with van der Waals surface area (Å²) in [6, 6.07) is 7.30. The lowest BCUT2D eigenvalue weighted by molar-refractivity contribution is -0.143. The zero-order valence-electron chi connectivity index (χ0n) is 11.6. The summed E-state index contributed by atoms with van der Waals surface area (Å²) in [6.45, 7) is 0.103. The molecule has 1 heterocycles. The molecule has 22 heavy (non-hydrogen) atoms. The number of H-pyrrole nitrogens is 1. The van der Waals surface area contributed by atoms with Crippen LogP contribution in [0.4, 0.5) is 4.39 Å². The number of nitrogens with zero attached hydrogens (tertiary/aromatic N) is 1. The number of nitrogens with one attached hydrogen (secondary N) is 2. The number of carboxylic acid groups (broad SMARTS) is 1. The number of carboxylic acids is 1. The van der Waals surface area contributed by atoms with E-state index >= 15 is 0 Å². The average molecular weight is 303 g/mol. The number of benzene rings is 1. The SMILES string of the molecule is O=C(NCC1(C(=O)O)CC1)c1cc(-c2ccc(F)cc2)n[nH]1. The van der Waals surface area contributed by atoms with Crippen LogP contribution in [-0.2, 0) is 4.79 Å². The second-order valence-electron chi connectivity index (χ2n) is 5.44. The molecule has 0 aliphatic heterocycles. The minimum atomic E-state index is -0.885. The Bertz CT molecular complexity index is 720. The third kappa shape index (κ3) is 2.69. The predicted octanol–water partition coefficient (Wildman–Crippen LogP) is 1.81. The Morgan fingerprint density at radius 2 is 2.00 bits per heavy atom. The van der Waals surface area contributed by atoms with Gasteiger partial charge in [-0.2, -0.15) is 5.10 Å². The minimum absolute atomic E-state index is 0.103. The van der Waals surface area contributed by atoms with Crippen molar-refractivity contribution in [2.24, 2.45) is 5.41 Å². The molecule has 1 aromatic carbocycles. The monoisotopic (exact) mass is 303 g/mol. The maximum Gasteiger partial charge on any atom is 0.311 e. The van der Waals surface area contributed by atoms with Crippen LogP contribution in [0.1, 0.15) is 23.3 Å². The largest absolute Gasteiger partial charge is 0.481 e. The van der Waals surface area contributed by atoms with Gasteiger partial charge in [-0.15, -0.1) is 0 Å². The molecule has 7 heteroatoms. The van der Waals surface area contributed by atoms with Gasteiger partial charge >= 0.3 is 5.97 Å². The molecular weight excluding hydrogens is 289 g/mol. The fourth-order valence-corrected chi connectivity index (χ4v) is 2.17. The number of amides is 1. The van der Waals surface area contributed by atoms with E-state index in [0.29, 0.717) is 24.1 Å². The molecule has 0 atom stereocenters. The molecule has 2 aromatic rings. The van der Waals surface area contributed by atoms with E-state index < -0.39 is 17.3 Å². The van der Waals surface area contributed by atoms with E-state index in [4.69, 9.17) is 5.11 Å². The van der Waals surface area contributed by atoms with Crippen molar-refractivity contribution < 1.29 is 19.1 Å². The standard InChI is InChI=1S/C15H14FN3O3/c16-10-3-1-9(2-4-10)11-7-12(19-18-11)13(20)17-8-15(5-6-15)14(21)22/h1-4,7H,5-6,8H2,(H,17,20)(H,18,19)(H,21,22). The van der Waals surface area contributed by atoms with Crippen LogP contribution in [0.15, 0.2) is 30.3 Å². The number of aromatic nitrogens is 2. The number of carbonyl (C=O) groups is 2. The van der Waals surface area contributed by atoms with Crippen molar-refractivity contribution in [3.63, 3.8) is 0 Å². The van der Waals surface area contributed by atoms with E-state index in [1.54, 1.807) is 18.2 Å². The molecule has 114 valence electrons. The first-order valence-electron chi connectivity index (χ1n) is 6.83. The van der Waals surface area contributed by atoms with Gasteiger partial charge < -0.3 is 10.4 Å². The van der Waals surface area contributed by atoms with Gasteiger partial charge in [0.1, 0.15) is 11.5 Å². The van der Waals surface area contributed by atoms with E-state index in [9.17, 15) is 14.0 Å². The van der Waals surface area contributed by atoms with Crippen molar-refractivity contribution >= 4 is 11.9 Å². The smallest absolute Gasteiger partial charge is 0.311 e. The number of aromatic amines is 1. The van der Waals surface area contributed by atoms with Crippen molar-refractivity contribution in [1.82, 2.24) is 15.5 Å². The summed E-state index contributed by atoms with van der Waals surface area (Å²) in [7, 11) is 0. The highest BCUT2D eigenvalue weighted by molar-refractivity contribution is 5.93. The summed E-state index contributed by atoms with van der Waals surface area (Å²) < 4.78 is 12.9. The molecule has 1 amide bonds. The van der Waals surface area contributed by atoms with E-state index in [1.165, 1.54) is 12.1 Å². The Balaban J connectivity index is 1.67. The lowest BCUT2D eigenvalue weighted by Gasteiger charge is -2.09. The van der Waals surface area contributed by atoms with Gasteiger partial charge in [0.2, 0.25) is 0 Å². The van der Waals surface area contributed by atoms with Crippen LogP contribution in [0, 0.1) is 11.2 Å². The minimum Gasteiger partial charge on any atom is -0.481 e. The molecule has 1 saturated carbocycles. The van der Waals surface area contributed by atoms with Crippen LogP contribution in [-0.4, -0.2) is 33.7 Å². The van der Waals surface area contributed by atoms with Gasteiger partial charge in [0, 0.05) is 12.1 Å². The topological polar surface area (TPSA) is 95.1 Å². The second kappa shape index (κ2) is 5.25. The Kier molecular flexibility index (Phi) is 3.40. The van der Waals surface area contributed by atoms with Gasteiger partial charge in [0.15, 0.2) is 0 Å². The Morgan fingerprint density at radius 1 is 1.32 bits per heavy atom. The van der Waals surface area contributed by atoms with Crippen LogP contribution in [0.5, 0.6) is 0 Å². The van der Waals surface area contributed by atoms with Crippen LogP contribution in [0.25, 0.3) is 11.3 Å². The van der Waals surface area contributed by atoms with Gasteiger partial charge in [-0.3, -0.25) is 14.7 Å². The fraction of sp³-hybridized carbons (Fsp3) is 0.267. The predicted molar refractivity (Wildman–Crippen MR) is 75.6 cm³/mol. The van der Waals surface area contributed by atoms with Crippen molar-refractivity contribution in [3.05, 3.63) is 41.8 Å². The third-order valence-corrected chi connectivity index (χ3v) is 3.86. The number of aliphatic carboxylic acids is 1. The zero-order valence-corrected chi connectivity index (χ0v) is 11.6. The van der Waals surface area contributed by atoms with Crippen LogP contribution in [0.2, 0.25) is 0 Å². The summed E-state index contributed by atoms with van der Waals surface area (Å²) in [6.07, 6.45) is 1.15. The Labute approximate surface area is 125 Å². The van der Waals surface area contributed by atoms with Gasteiger partial charge in [0.25, 0.3) is 5.91 Å². The highest BCUT2D eigenvalue weighted by Gasteiger charge is 2.50. The van der Waals surface area contributed by atoms with Gasteiger partial charge in [0.05, 0.1) is 11.1 Å². The van der Waals surface area contributed by atoms with Gasteiger partial charge in [-0.05, 0) is 43.2 Å². The molecule has 3 N–H and O–H groups in total. The fourth-order valence-electron chi connectivity index (χ4n) is 2.17. The number of rotatable bonds is 5. The molecule has 0 unspecified atom stereocenters. The molecule has 6 nitrogen and oxygen atoms in total. The van der Waals surface area contributed by atoms with Gasteiger partial charge in [-0.25, -0.2) is 4.39 Å². The molecule has 1 aliphatic rings. The van der Waals surface area contributed by atoms with Gasteiger partial charge in [-0.1, -0.05) is 0 Å². The number of hydrogen-bond donors (Lipinski definition) is 3. The molecule has 0 saturated heterocycles. The summed E-state index contributed by atoms with van der Waals surface area (Å²) in [5.74, 6) is -1.64. The Hall–Kier alpha value is -2.70. The molecule has 1 fully saturated rings. The maximum atomic E-state index is 12.9. The summed E-state index contributed by atoms with van der Waals surface area (Å²) in [5.41, 5.74) is 0.626. The van der Waals surface area contributed by atoms with Crippen molar-refractivity contribution in [3.8, 4) is 11.3 Å². The zero-order chi connectivity index (χ0) is 15.7. The van der Waals surface area contributed by atoms with Crippen molar-refractivity contribution in [1.29, 1.82) is 0 Å². The maximum absolute atomic E-state index is 12.9. The first-order valence-corrected chi connectivity index (χ1v) is 6.83. The highest BCUT2D eigenvalue weighted by Crippen LogP contribution is 2.45. The second-order valence-corrected chi connectivity index (χ2v) is 5.44. The van der Waals surface area contributed by atoms with E-state index in [2.05, 4.69) is 15.5 Å². The quantitative estimate of drug-likeness (QED) is 0.785. The van der Waals surface area contributed by atoms with Crippen molar-refractivity contribution in [2.75, 3.05) is 6.54 Å². The normalized spacial score (nSPS) is 15.3. The molecule has 0 bridgehead atoms. The van der Waals surface area contributed by atoms with Crippen LogP contribution < -0.4 is 5.32 Å². The summed E-state index contributed by atoms with van der Waals surface area (Å²) in [5, 5.41) is 18.3. The third-order valence-electron chi connectivity index (χ3n) is 3.86. The number of carbonyl (C=O) groups excluding carboxylic acids is 1. The Morgan fingerprint density at radius 3 is 2.59 bits per heavy atom. The van der Waals surface area contributed by atoms with Crippen LogP contribution >= 0.6 is 0 Å². The molecule has 0 radical (unpaired) electrons. The number of hydrogen-bond acceptors (Lipinski definition) is 3. The molecule has 1 aliphatic carbocycles. The highest BCUT2D eigenvalue weighted by atomic mass is 19.1. The summed E-state index contributed by atoms with van der Waals surface area (Å²) >= 11 is 0. The molecular formula is C15H14FN3O3. The first kappa shape index (κ1) is 14.2. The van der Waals surface area contributed by atoms with Crippen molar-refractivity contribution in [2.45, 2.75) is 12.8 Å². The molecule has 1 aromatic heterocycles. The van der Waals surface area contributed by atoms with E-state index in [-0.39, 0.29) is 18.1 Å². The van der Waals surface area contributed by atoms with E-state index in [0.717, 1.165) is 0 Å². The van der Waals surface area contributed by atoms with Crippen LogP contribution in [0.3, 0.4) is 0 Å². The molecule has 0 spiro atoms.